The number of hydrogen-bond donors (Lipinski definition) is 1. The third-order valence-corrected chi connectivity index (χ3v) is 7.66. The maximum absolute atomic E-state index is 12.9. The van der Waals surface area contributed by atoms with Crippen molar-refractivity contribution in [3.8, 4) is 0 Å². The molecule has 0 saturated carbocycles. The second-order valence-electron chi connectivity index (χ2n) is 11.5. The molecule has 2 aromatic rings. The summed E-state index contributed by atoms with van der Waals surface area (Å²) in [4.78, 5) is 33.7. The van der Waals surface area contributed by atoms with Crippen LogP contribution < -0.4 is 15.8 Å². The van der Waals surface area contributed by atoms with Crippen LogP contribution in [-0.2, 0) is 16.2 Å². The van der Waals surface area contributed by atoms with Gasteiger partial charge in [-0.25, -0.2) is 14.5 Å². The van der Waals surface area contributed by atoms with Crippen LogP contribution in [0.3, 0.4) is 0 Å². The fourth-order valence-corrected chi connectivity index (χ4v) is 4.77. The Kier molecular flexibility index (Phi) is 9.25. The van der Waals surface area contributed by atoms with Crippen molar-refractivity contribution < 1.29 is 14.3 Å². The zero-order chi connectivity index (χ0) is 27.4. The molecule has 1 saturated heterocycles. The van der Waals surface area contributed by atoms with E-state index in [1.807, 2.05) is 32.9 Å². The fraction of sp³-hybridized carbons (Fsp3) is 0.600. The first-order chi connectivity index (χ1) is 17.2. The highest BCUT2D eigenvalue weighted by atomic mass is 35.5. The van der Waals surface area contributed by atoms with E-state index in [2.05, 4.69) is 46.9 Å². The van der Waals surface area contributed by atoms with Crippen LogP contribution in [0, 0.1) is 0 Å². The average molecular weight is 551 g/mol. The number of ether oxygens (including phenoxy) is 2. The van der Waals surface area contributed by atoms with Crippen LogP contribution in [0.5, 0.6) is 0 Å². The Bertz CT molecular complexity index is 1130. The van der Waals surface area contributed by atoms with E-state index in [0.29, 0.717) is 32.1 Å². The smallest absolute Gasteiger partial charge is 0.410 e. The summed E-state index contributed by atoms with van der Waals surface area (Å²) < 4.78 is 12.4. The highest BCUT2D eigenvalue weighted by Gasteiger charge is 2.30. The molecule has 0 spiro atoms. The Morgan fingerprint density at radius 1 is 1.24 bits per heavy atom. The van der Waals surface area contributed by atoms with Crippen LogP contribution in [-0.4, -0.2) is 71.7 Å². The number of piperazine rings is 1. The third-order valence-electron chi connectivity index (χ3n) is 5.78. The molecule has 1 aliphatic rings. The van der Waals surface area contributed by atoms with E-state index >= 15 is 0 Å². The molecular weight excluding hydrogens is 512 g/mol. The predicted octanol–water partition coefficient (Wildman–Crippen LogP) is 4.79. The van der Waals surface area contributed by atoms with Gasteiger partial charge in [-0.3, -0.25) is 4.79 Å². The minimum Gasteiger partial charge on any atom is -0.444 e. The lowest BCUT2D eigenvalue weighted by molar-refractivity contribution is 0.0219. The zero-order valence-corrected chi connectivity index (χ0v) is 24.6. The average Bonchev–Trinajstić information content (AvgIpc) is 2.78. The molecule has 0 aromatic carbocycles. The summed E-state index contributed by atoms with van der Waals surface area (Å²) in [5, 5.41) is 7.31. The number of pyridine rings is 1. The summed E-state index contributed by atoms with van der Waals surface area (Å²) in [6.45, 7) is 16.9. The summed E-state index contributed by atoms with van der Waals surface area (Å²) >= 11 is 6.16. The molecule has 204 valence electrons. The minimum atomic E-state index is -1.23. The Labute approximate surface area is 224 Å². The third kappa shape index (κ3) is 8.72. The van der Waals surface area contributed by atoms with Crippen molar-refractivity contribution in [3.63, 3.8) is 0 Å². The van der Waals surface area contributed by atoms with E-state index in [4.69, 9.17) is 21.1 Å². The molecule has 10 nitrogen and oxygen atoms in total. The van der Waals surface area contributed by atoms with E-state index < -0.39 is 13.7 Å². The standard InChI is InChI=1S/C25H39ClN6O4Si/c1-18-16-30(24(34)36-25(2,3)4)10-11-31(18)19-8-9-22(27-15-19)28-20-14-21(26)29-32(23(20)33)17-35-12-13-37(5,6)7/h8-9,14-15,18H,10-13,16-17H2,1-7H3,(H,27,28)/t18-/m0/s1. The monoisotopic (exact) mass is 550 g/mol. The maximum Gasteiger partial charge on any atom is 0.410 e. The molecule has 0 bridgehead atoms. The topological polar surface area (TPSA) is 102 Å². The van der Waals surface area contributed by atoms with Crippen molar-refractivity contribution in [3.05, 3.63) is 39.9 Å². The van der Waals surface area contributed by atoms with E-state index in [1.54, 1.807) is 11.1 Å². The number of aromatic nitrogens is 3. The van der Waals surface area contributed by atoms with Gasteiger partial charge in [-0.15, -0.1) is 0 Å². The first-order valence-electron chi connectivity index (χ1n) is 12.5. The molecule has 1 amide bonds. The molecular formula is C25H39ClN6O4Si. The van der Waals surface area contributed by atoms with E-state index in [-0.39, 0.29) is 35.3 Å². The van der Waals surface area contributed by atoms with Crippen molar-refractivity contribution in [2.24, 2.45) is 0 Å². The van der Waals surface area contributed by atoms with Crippen molar-refractivity contribution in [2.75, 3.05) is 36.5 Å². The molecule has 1 fully saturated rings. The quantitative estimate of drug-likeness (QED) is 0.369. The van der Waals surface area contributed by atoms with Crippen LogP contribution in [0.2, 0.25) is 30.8 Å². The van der Waals surface area contributed by atoms with E-state index in [1.165, 1.54) is 10.7 Å². The van der Waals surface area contributed by atoms with Crippen LogP contribution in [0.25, 0.3) is 0 Å². The predicted molar refractivity (Wildman–Crippen MR) is 150 cm³/mol. The van der Waals surface area contributed by atoms with Crippen molar-refractivity contribution in [2.45, 2.75) is 71.8 Å². The Morgan fingerprint density at radius 2 is 1.97 bits per heavy atom. The molecule has 3 heterocycles. The minimum absolute atomic E-state index is 0.0398. The Hall–Kier alpha value is -2.63. The van der Waals surface area contributed by atoms with Gasteiger partial charge >= 0.3 is 6.09 Å². The fourth-order valence-electron chi connectivity index (χ4n) is 3.82. The molecule has 0 aliphatic carbocycles. The summed E-state index contributed by atoms with van der Waals surface area (Å²) in [6, 6.07) is 6.32. The molecule has 1 N–H and O–H groups in total. The lowest BCUT2D eigenvalue weighted by Gasteiger charge is -2.41. The molecule has 1 aliphatic heterocycles. The number of amides is 1. The second kappa shape index (κ2) is 11.8. The van der Waals surface area contributed by atoms with Gasteiger partial charge in [0.25, 0.3) is 5.56 Å². The van der Waals surface area contributed by atoms with E-state index in [0.717, 1.165) is 11.7 Å². The molecule has 3 rings (SSSR count). The molecule has 0 unspecified atom stereocenters. The number of carbonyl (C=O) groups is 1. The van der Waals surface area contributed by atoms with Gasteiger partial charge in [0.05, 0.1) is 11.9 Å². The van der Waals surface area contributed by atoms with Gasteiger partial charge in [0.1, 0.15) is 23.8 Å². The molecule has 12 heteroatoms. The molecule has 0 radical (unpaired) electrons. The van der Waals surface area contributed by atoms with Gasteiger partial charge < -0.3 is 24.6 Å². The summed E-state index contributed by atoms with van der Waals surface area (Å²) in [5.41, 5.74) is 0.346. The number of nitrogens with zero attached hydrogens (tertiary/aromatic N) is 5. The number of carbonyl (C=O) groups excluding carboxylic acids is 1. The largest absolute Gasteiger partial charge is 0.444 e. The first-order valence-corrected chi connectivity index (χ1v) is 16.6. The van der Waals surface area contributed by atoms with Gasteiger partial charge in [0.15, 0.2) is 5.15 Å². The SMILES string of the molecule is C[C@H]1CN(C(=O)OC(C)(C)C)CCN1c1ccc(Nc2cc(Cl)nn(COCC[Si](C)(C)C)c2=O)nc1. The van der Waals surface area contributed by atoms with E-state index in [9.17, 15) is 9.59 Å². The highest BCUT2D eigenvalue weighted by Crippen LogP contribution is 2.23. The van der Waals surface area contributed by atoms with Crippen molar-refractivity contribution >= 4 is 43.0 Å². The number of anilines is 3. The highest BCUT2D eigenvalue weighted by molar-refractivity contribution is 6.76. The first kappa shape index (κ1) is 28.9. The van der Waals surface area contributed by atoms with Crippen molar-refractivity contribution in [1.29, 1.82) is 0 Å². The molecule has 37 heavy (non-hydrogen) atoms. The Balaban J connectivity index is 1.62. The van der Waals surface area contributed by atoms with Gasteiger partial charge in [-0.1, -0.05) is 31.2 Å². The molecule has 1 atom stereocenters. The number of nitrogens with one attached hydrogen (secondary N) is 1. The normalized spacial score (nSPS) is 16.6. The molecule has 2 aromatic heterocycles. The van der Waals surface area contributed by atoms with Crippen molar-refractivity contribution in [1.82, 2.24) is 19.7 Å². The summed E-state index contributed by atoms with van der Waals surface area (Å²) in [6.07, 6.45) is 1.46. The Morgan fingerprint density at radius 3 is 2.57 bits per heavy atom. The number of halogens is 1. The van der Waals surface area contributed by atoms with Crippen LogP contribution in [0.1, 0.15) is 27.7 Å². The lowest BCUT2D eigenvalue weighted by atomic mass is 10.1. The van der Waals surface area contributed by atoms with Crippen LogP contribution in [0.4, 0.5) is 22.0 Å². The van der Waals surface area contributed by atoms with Gasteiger partial charge in [0.2, 0.25) is 0 Å². The summed E-state index contributed by atoms with van der Waals surface area (Å²) in [5.74, 6) is 0.509. The van der Waals surface area contributed by atoms with Gasteiger partial charge in [-0.05, 0) is 45.9 Å². The second-order valence-corrected chi connectivity index (χ2v) is 17.5. The zero-order valence-electron chi connectivity index (χ0n) is 22.9. The van der Waals surface area contributed by atoms with Gasteiger partial charge in [-0.2, -0.15) is 5.10 Å². The maximum atomic E-state index is 12.9. The van der Waals surface area contributed by atoms with Crippen LogP contribution in [0.15, 0.2) is 29.2 Å². The summed E-state index contributed by atoms with van der Waals surface area (Å²) in [7, 11) is -1.23. The van der Waals surface area contributed by atoms with Crippen LogP contribution >= 0.6 is 11.6 Å². The lowest BCUT2D eigenvalue weighted by Crippen LogP contribution is -2.54. The number of rotatable bonds is 8. The number of hydrogen-bond acceptors (Lipinski definition) is 8. The van der Waals surface area contributed by atoms with Gasteiger partial charge in [0, 0.05) is 46.4 Å².